The zero-order valence-corrected chi connectivity index (χ0v) is 19.3. The molecule has 4 atom stereocenters. The van der Waals surface area contributed by atoms with E-state index in [4.69, 9.17) is 5.10 Å². The normalized spacial score (nSPS) is 30.0. The number of fused-ring (bicyclic) bond motifs is 3. The van der Waals surface area contributed by atoms with Crippen LogP contribution in [-0.4, -0.2) is 48.8 Å². The maximum Gasteiger partial charge on any atom is 0.250 e. The van der Waals surface area contributed by atoms with Gasteiger partial charge in [0.05, 0.1) is 5.69 Å². The highest BCUT2D eigenvalue weighted by atomic mass is 32.2. The van der Waals surface area contributed by atoms with E-state index in [1.54, 1.807) is 17.5 Å². The van der Waals surface area contributed by atoms with Crippen molar-refractivity contribution in [3.63, 3.8) is 0 Å². The van der Waals surface area contributed by atoms with Crippen LogP contribution in [0.1, 0.15) is 68.2 Å². The molecule has 2 aromatic heterocycles. The Labute approximate surface area is 183 Å². The van der Waals surface area contributed by atoms with E-state index in [2.05, 4.69) is 27.4 Å². The number of rotatable bonds is 6. The van der Waals surface area contributed by atoms with Gasteiger partial charge in [-0.3, -0.25) is 9.58 Å². The molecule has 5 heterocycles. The van der Waals surface area contributed by atoms with Crippen LogP contribution < -0.4 is 4.72 Å². The maximum absolute atomic E-state index is 12.5. The fourth-order valence-corrected chi connectivity index (χ4v) is 7.94. The third-order valence-corrected chi connectivity index (χ3v) is 10.3. The molecule has 4 unspecified atom stereocenters. The third-order valence-electron chi connectivity index (χ3n) is 7.49. The first-order valence-corrected chi connectivity index (χ1v) is 13.7. The van der Waals surface area contributed by atoms with Crippen LogP contribution in [0.4, 0.5) is 0 Å². The molecule has 3 aliphatic heterocycles. The van der Waals surface area contributed by atoms with Crippen molar-refractivity contribution < 1.29 is 8.42 Å². The predicted molar refractivity (Wildman–Crippen MR) is 119 cm³/mol. The molecule has 6 rings (SSSR count). The molecule has 1 N–H and O–H groups in total. The number of thiophene rings is 1. The van der Waals surface area contributed by atoms with Gasteiger partial charge in [0, 0.05) is 43.7 Å². The van der Waals surface area contributed by atoms with Gasteiger partial charge >= 0.3 is 0 Å². The lowest BCUT2D eigenvalue weighted by molar-refractivity contribution is 0.0306. The van der Waals surface area contributed by atoms with Gasteiger partial charge in [0.2, 0.25) is 10.0 Å². The molecule has 30 heavy (non-hydrogen) atoms. The van der Waals surface area contributed by atoms with Crippen molar-refractivity contribution in [1.82, 2.24) is 19.4 Å². The first-order valence-electron chi connectivity index (χ1n) is 11.3. The summed E-state index contributed by atoms with van der Waals surface area (Å²) < 4.78 is 30.4. The predicted octanol–water partition coefficient (Wildman–Crippen LogP) is 3.69. The summed E-state index contributed by atoms with van der Waals surface area (Å²) in [5.41, 5.74) is 2.67. The standard InChI is InChI=1S/C22H32N4O2S2/c1-25-21(13-20(24-25)16-6-3-2-4-7-16)19-15-26-10-9-17(19)12-18(26)14-23-30(27,28)22-8-5-11-29-22/h5,8,11,13,16-19,23H,2-4,6-7,9-10,12,14-15H2,1H3. The highest BCUT2D eigenvalue weighted by Gasteiger charge is 2.42. The number of hydrogen-bond donors (Lipinski definition) is 1. The van der Waals surface area contributed by atoms with Crippen LogP contribution in [0.5, 0.6) is 0 Å². The molecule has 8 heteroatoms. The molecule has 2 bridgehead atoms. The van der Waals surface area contributed by atoms with Gasteiger partial charge in [-0.1, -0.05) is 25.3 Å². The lowest BCUT2D eigenvalue weighted by atomic mass is 9.74. The van der Waals surface area contributed by atoms with Crippen molar-refractivity contribution in [3.8, 4) is 0 Å². The summed E-state index contributed by atoms with van der Waals surface area (Å²) in [5.74, 6) is 1.76. The van der Waals surface area contributed by atoms with Crippen molar-refractivity contribution in [3.05, 3.63) is 35.0 Å². The Kier molecular flexibility index (Phi) is 5.77. The van der Waals surface area contributed by atoms with Crippen LogP contribution in [0.15, 0.2) is 27.8 Å². The maximum atomic E-state index is 12.5. The van der Waals surface area contributed by atoms with E-state index < -0.39 is 10.0 Å². The highest BCUT2D eigenvalue weighted by molar-refractivity contribution is 7.91. The van der Waals surface area contributed by atoms with E-state index in [1.807, 2.05) is 0 Å². The fraction of sp³-hybridized carbons (Fsp3) is 0.682. The molecule has 0 amide bonds. The van der Waals surface area contributed by atoms with Gasteiger partial charge in [-0.05, 0) is 55.7 Å². The van der Waals surface area contributed by atoms with Crippen LogP contribution in [0.2, 0.25) is 0 Å². The molecule has 0 radical (unpaired) electrons. The molecule has 3 saturated heterocycles. The van der Waals surface area contributed by atoms with Crippen LogP contribution in [0, 0.1) is 5.92 Å². The van der Waals surface area contributed by atoms with Crippen molar-refractivity contribution >= 4 is 21.4 Å². The first kappa shape index (κ1) is 20.7. The Morgan fingerprint density at radius 1 is 1.23 bits per heavy atom. The average molecular weight is 449 g/mol. The van der Waals surface area contributed by atoms with E-state index in [-0.39, 0.29) is 0 Å². The number of sulfonamides is 1. The number of hydrogen-bond acceptors (Lipinski definition) is 5. The summed E-state index contributed by atoms with van der Waals surface area (Å²) in [6.45, 7) is 2.59. The molecule has 1 saturated carbocycles. The zero-order valence-electron chi connectivity index (χ0n) is 17.7. The van der Waals surface area contributed by atoms with Crippen molar-refractivity contribution in [2.24, 2.45) is 13.0 Å². The fourth-order valence-electron chi connectivity index (χ4n) is 5.83. The largest absolute Gasteiger partial charge is 0.298 e. The van der Waals surface area contributed by atoms with Gasteiger partial charge in [-0.15, -0.1) is 11.3 Å². The van der Waals surface area contributed by atoms with E-state index in [9.17, 15) is 8.42 Å². The van der Waals surface area contributed by atoms with Crippen molar-refractivity contribution in [1.29, 1.82) is 0 Å². The van der Waals surface area contributed by atoms with E-state index in [1.165, 1.54) is 61.2 Å². The topological polar surface area (TPSA) is 67.2 Å². The monoisotopic (exact) mass is 448 g/mol. The Bertz CT molecular complexity index is 963. The van der Waals surface area contributed by atoms with Gasteiger partial charge in [-0.25, -0.2) is 13.1 Å². The summed E-state index contributed by atoms with van der Waals surface area (Å²) in [6.07, 6.45) is 8.85. The average Bonchev–Trinajstić information content (AvgIpc) is 3.44. The second-order valence-corrected chi connectivity index (χ2v) is 12.2. The molecule has 0 aromatic carbocycles. The Hall–Kier alpha value is -1.22. The number of piperidine rings is 3. The first-order chi connectivity index (χ1) is 14.5. The number of nitrogens with one attached hydrogen (secondary N) is 1. The van der Waals surface area contributed by atoms with E-state index in [0.717, 1.165) is 19.5 Å². The molecule has 0 spiro atoms. The molecular weight excluding hydrogens is 416 g/mol. The van der Waals surface area contributed by atoms with Crippen molar-refractivity contribution in [2.75, 3.05) is 19.6 Å². The van der Waals surface area contributed by atoms with Gasteiger partial charge in [-0.2, -0.15) is 5.10 Å². The minimum Gasteiger partial charge on any atom is -0.298 e. The minimum atomic E-state index is -3.39. The van der Waals surface area contributed by atoms with Gasteiger partial charge in [0.25, 0.3) is 0 Å². The summed E-state index contributed by atoms with van der Waals surface area (Å²) in [5, 5.41) is 6.72. The van der Waals surface area contributed by atoms with Crippen LogP contribution >= 0.6 is 11.3 Å². The molecular formula is C22H32N4O2S2. The lowest BCUT2D eigenvalue weighted by Gasteiger charge is -2.49. The second kappa shape index (κ2) is 8.37. The van der Waals surface area contributed by atoms with Gasteiger partial charge < -0.3 is 0 Å². The number of aryl methyl sites for hydroxylation is 1. The Morgan fingerprint density at radius 3 is 2.77 bits per heavy atom. The summed E-state index contributed by atoms with van der Waals surface area (Å²) in [6, 6.07) is 6.13. The van der Waals surface area contributed by atoms with Crippen LogP contribution in [0.25, 0.3) is 0 Å². The molecule has 6 nitrogen and oxygen atoms in total. The number of aromatic nitrogens is 2. The summed E-state index contributed by atoms with van der Waals surface area (Å²) >= 11 is 1.27. The van der Waals surface area contributed by atoms with E-state index >= 15 is 0 Å². The molecule has 2 aromatic rings. The lowest BCUT2D eigenvalue weighted by Crippen LogP contribution is -2.56. The van der Waals surface area contributed by atoms with Crippen molar-refractivity contribution in [2.45, 2.75) is 67.0 Å². The Morgan fingerprint density at radius 2 is 2.07 bits per heavy atom. The van der Waals surface area contributed by atoms with Gasteiger partial charge in [0.15, 0.2) is 0 Å². The molecule has 1 aliphatic carbocycles. The molecule has 164 valence electrons. The summed E-state index contributed by atoms with van der Waals surface area (Å²) in [7, 11) is -1.28. The summed E-state index contributed by atoms with van der Waals surface area (Å²) in [4.78, 5) is 2.49. The van der Waals surface area contributed by atoms with Crippen LogP contribution in [-0.2, 0) is 17.1 Å². The number of nitrogens with zero attached hydrogens (tertiary/aromatic N) is 3. The quantitative estimate of drug-likeness (QED) is 0.732. The highest BCUT2D eigenvalue weighted by Crippen LogP contribution is 2.43. The van der Waals surface area contributed by atoms with Gasteiger partial charge in [0.1, 0.15) is 4.21 Å². The SMILES string of the molecule is Cn1nc(C2CCCCC2)cc1C1CN2CCC1CC2CNS(=O)(=O)c1cccs1. The smallest absolute Gasteiger partial charge is 0.250 e. The zero-order chi connectivity index (χ0) is 20.7. The second-order valence-electron chi connectivity index (χ2n) is 9.28. The Balaban J connectivity index is 1.25. The minimum absolute atomic E-state index is 0.292. The molecule has 4 fully saturated rings. The van der Waals surface area contributed by atoms with E-state index in [0.29, 0.717) is 34.5 Å². The van der Waals surface area contributed by atoms with Crippen LogP contribution in [0.3, 0.4) is 0 Å². The third kappa shape index (κ3) is 3.99. The molecule has 4 aliphatic rings.